The number of carbonyl (C=O) groups is 1. The molecule has 1 saturated heterocycles. The summed E-state index contributed by atoms with van der Waals surface area (Å²) in [4.78, 5) is 13.7. The maximum atomic E-state index is 13.8. The Balaban J connectivity index is 2.14. The summed E-state index contributed by atoms with van der Waals surface area (Å²) in [6.45, 7) is 2.89. The molecule has 1 heterocycles. The molecule has 1 aliphatic heterocycles. The Morgan fingerprint density at radius 1 is 1.35 bits per heavy atom. The van der Waals surface area contributed by atoms with Gasteiger partial charge in [-0.2, -0.15) is 0 Å². The molecule has 1 amide bonds. The van der Waals surface area contributed by atoms with Crippen LogP contribution in [0.1, 0.15) is 30.1 Å². The van der Waals surface area contributed by atoms with Gasteiger partial charge < -0.3 is 4.90 Å². The predicted molar refractivity (Wildman–Crippen MR) is 78.0 cm³/mol. The number of hydrogen-bond donors (Lipinski definition) is 0. The highest BCUT2D eigenvalue weighted by Gasteiger charge is 2.29. The predicted octanol–water partition coefficient (Wildman–Crippen LogP) is 4.21. The lowest BCUT2D eigenvalue weighted by Crippen LogP contribution is -2.40. The summed E-state index contributed by atoms with van der Waals surface area (Å²) in [6, 6.07) is 2.20. The fourth-order valence-electron chi connectivity index (χ4n) is 2.47. The van der Waals surface area contributed by atoms with Crippen LogP contribution in [0.25, 0.3) is 0 Å². The molecule has 0 bridgehead atoms. The van der Waals surface area contributed by atoms with Crippen molar-refractivity contribution in [1.82, 2.24) is 4.90 Å². The SMILES string of the molecule is CC(Cl)C1CCN(C(=O)c2c(F)cc(Br)cc2F)CC1. The summed E-state index contributed by atoms with van der Waals surface area (Å²) in [5.41, 5.74) is -0.481. The van der Waals surface area contributed by atoms with Crippen LogP contribution in [0, 0.1) is 17.6 Å². The van der Waals surface area contributed by atoms with E-state index in [2.05, 4.69) is 15.9 Å². The zero-order valence-electron chi connectivity index (χ0n) is 11.0. The van der Waals surface area contributed by atoms with Gasteiger partial charge in [-0.15, -0.1) is 11.6 Å². The molecule has 20 heavy (non-hydrogen) atoms. The van der Waals surface area contributed by atoms with Crippen molar-refractivity contribution < 1.29 is 13.6 Å². The van der Waals surface area contributed by atoms with E-state index in [9.17, 15) is 13.6 Å². The Labute approximate surface area is 130 Å². The number of piperidine rings is 1. The number of rotatable bonds is 2. The Bertz CT molecular complexity index is 493. The van der Waals surface area contributed by atoms with E-state index in [-0.39, 0.29) is 9.85 Å². The summed E-state index contributed by atoms with van der Waals surface area (Å²) in [5, 5.41) is 0.0494. The van der Waals surface area contributed by atoms with Crippen LogP contribution in [0.5, 0.6) is 0 Å². The lowest BCUT2D eigenvalue weighted by Gasteiger charge is -2.33. The molecular formula is C14H15BrClF2NO. The number of likely N-dealkylation sites (tertiary alicyclic amines) is 1. The molecule has 2 nitrogen and oxygen atoms in total. The molecule has 110 valence electrons. The van der Waals surface area contributed by atoms with Gasteiger partial charge in [0.05, 0.1) is 0 Å². The first-order valence-corrected chi connectivity index (χ1v) is 7.71. The van der Waals surface area contributed by atoms with Crippen molar-refractivity contribution in [2.45, 2.75) is 25.1 Å². The van der Waals surface area contributed by atoms with E-state index < -0.39 is 23.1 Å². The Hall–Kier alpha value is -0.680. The average molecular weight is 367 g/mol. The van der Waals surface area contributed by atoms with Crippen LogP contribution in [0.3, 0.4) is 0 Å². The third kappa shape index (κ3) is 3.31. The van der Waals surface area contributed by atoms with E-state index in [1.165, 1.54) is 4.90 Å². The molecule has 1 atom stereocenters. The normalized spacial score (nSPS) is 18.1. The van der Waals surface area contributed by atoms with Crippen LogP contribution in [-0.2, 0) is 0 Å². The van der Waals surface area contributed by atoms with E-state index in [4.69, 9.17) is 11.6 Å². The van der Waals surface area contributed by atoms with Crippen molar-refractivity contribution in [2.24, 2.45) is 5.92 Å². The van der Waals surface area contributed by atoms with Crippen LogP contribution in [0.2, 0.25) is 0 Å². The van der Waals surface area contributed by atoms with E-state index in [1.807, 2.05) is 6.92 Å². The van der Waals surface area contributed by atoms with Crippen molar-refractivity contribution in [1.29, 1.82) is 0 Å². The summed E-state index contributed by atoms with van der Waals surface area (Å²) in [6.07, 6.45) is 1.52. The highest BCUT2D eigenvalue weighted by atomic mass is 79.9. The number of carbonyl (C=O) groups excluding carboxylic acids is 1. The second kappa shape index (κ2) is 6.39. The van der Waals surface area contributed by atoms with Gasteiger partial charge in [0.25, 0.3) is 5.91 Å². The van der Waals surface area contributed by atoms with Crippen LogP contribution in [0.4, 0.5) is 8.78 Å². The van der Waals surface area contributed by atoms with Gasteiger partial charge in [0.1, 0.15) is 17.2 Å². The molecule has 0 aromatic heterocycles. The second-order valence-corrected chi connectivity index (χ2v) is 6.66. The van der Waals surface area contributed by atoms with E-state index >= 15 is 0 Å². The minimum absolute atomic E-state index is 0.0494. The van der Waals surface area contributed by atoms with Gasteiger partial charge in [0, 0.05) is 22.9 Å². The van der Waals surface area contributed by atoms with Gasteiger partial charge in [-0.3, -0.25) is 4.79 Å². The first-order valence-electron chi connectivity index (χ1n) is 6.48. The summed E-state index contributed by atoms with van der Waals surface area (Å²) in [5.74, 6) is -1.92. The smallest absolute Gasteiger partial charge is 0.259 e. The van der Waals surface area contributed by atoms with Crippen molar-refractivity contribution in [2.75, 3.05) is 13.1 Å². The van der Waals surface area contributed by atoms with Gasteiger partial charge in [0.15, 0.2) is 0 Å². The molecule has 1 aromatic rings. The Morgan fingerprint density at radius 3 is 2.30 bits per heavy atom. The molecule has 1 fully saturated rings. The van der Waals surface area contributed by atoms with Crippen molar-refractivity contribution >= 4 is 33.4 Å². The number of amides is 1. The quantitative estimate of drug-likeness (QED) is 0.718. The summed E-state index contributed by atoms with van der Waals surface area (Å²) in [7, 11) is 0. The third-order valence-corrected chi connectivity index (χ3v) is 4.51. The fraction of sp³-hybridized carbons (Fsp3) is 0.500. The lowest BCUT2D eigenvalue weighted by molar-refractivity contribution is 0.0680. The Kier molecular flexibility index (Phi) is 5.02. The highest BCUT2D eigenvalue weighted by molar-refractivity contribution is 9.10. The van der Waals surface area contributed by atoms with Gasteiger partial charge in [0.2, 0.25) is 0 Å². The molecule has 0 spiro atoms. The molecule has 2 rings (SSSR count). The maximum absolute atomic E-state index is 13.8. The van der Waals surface area contributed by atoms with Crippen LogP contribution in [-0.4, -0.2) is 29.3 Å². The first kappa shape index (κ1) is 15.7. The molecule has 0 aliphatic carbocycles. The summed E-state index contributed by atoms with van der Waals surface area (Å²) < 4.78 is 27.8. The number of halogens is 4. The van der Waals surface area contributed by atoms with Crippen molar-refractivity contribution in [3.05, 3.63) is 33.8 Å². The largest absolute Gasteiger partial charge is 0.338 e. The van der Waals surface area contributed by atoms with Crippen molar-refractivity contribution in [3.63, 3.8) is 0 Å². The highest BCUT2D eigenvalue weighted by Crippen LogP contribution is 2.26. The molecule has 6 heteroatoms. The molecular weight excluding hydrogens is 352 g/mol. The molecule has 0 saturated carbocycles. The third-order valence-electron chi connectivity index (χ3n) is 3.70. The van der Waals surface area contributed by atoms with E-state index in [0.717, 1.165) is 25.0 Å². The minimum atomic E-state index is -0.838. The van der Waals surface area contributed by atoms with Gasteiger partial charge in [-0.25, -0.2) is 8.78 Å². The Morgan fingerprint density at radius 2 is 1.85 bits per heavy atom. The number of hydrogen-bond acceptors (Lipinski definition) is 1. The topological polar surface area (TPSA) is 20.3 Å². The number of alkyl halides is 1. The van der Waals surface area contributed by atoms with Crippen LogP contribution < -0.4 is 0 Å². The second-order valence-electron chi connectivity index (χ2n) is 5.05. The molecule has 1 aliphatic rings. The van der Waals surface area contributed by atoms with E-state index in [1.54, 1.807) is 0 Å². The van der Waals surface area contributed by atoms with Gasteiger partial charge in [-0.1, -0.05) is 15.9 Å². The van der Waals surface area contributed by atoms with Crippen LogP contribution >= 0.6 is 27.5 Å². The standard InChI is InChI=1S/C14H15BrClF2NO/c1-8(16)9-2-4-19(5-3-9)14(20)13-11(17)6-10(15)7-12(13)18/h6-9H,2-5H2,1H3. The van der Waals surface area contributed by atoms with Gasteiger partial charge in [-0.05, 0) is 37.8 Å². The zero-order chi connectivity index (χ0) is 14.9. The fourth-order valence-corrected chi connectivity index (χ4v) is 3.12. The molecule has 1 aromatic carbocycles. The number of benzene rings is 1. The number of nitrogens with zero attached hydrogens (tertiary/aromatic N) is 1. The van der Waals surface area contributed by atoms with Gasteiger partial charge >= 0.3 is 0 Å². The summed E-state index contributed by atoms with van der Waals surface area (Å²) >= 11 is 9.04. The lowest BCUT2D eigenvalue weighted by atomic mass is 9.93. The monoisotopic (exact) mass is 365 g/mol. The van der Waals surface area contributed by atoms with E-state index in [0.29, 0.717) is 19.0 Å². The first-order chi connectivity index (χ1) is 9.40. The molecule has 0 radical (unpaired) electrons. The maximum Gasteiger partial charge on any atom is 0.259 e. The molecule has 1 unspecified atom stereocenters. The zero-order valence-corrected chi connectivity index (χ0v) is 13.3. The van der Waals surface area contributed by atoms with Crippen LogP contribution in [0.15, 0.2) is 16.6 Å². The minimum Gasteiger partial charge on any atom is -0.338 e. The van der Waals surface area contributed by atoms with Crippen molar-refractivity contribution in [3.8, 4) is 0 Å². The molecule has 0 N–H and O–H groups in total. The average Bonchev–Trinajstić information content (AvgIpc) is 2.37.